The molecule has 5 heteroatoms. The first kappa shape index (κ1) is 21.3. The lowest BCUT2D eigenvalue weighted by molar-refractivity contribution is 0.0924. The average molecular weight is 437 g/mol. The molecule has 1 unspecified atom stereocenters. The SMILES string of the molecule is O=C(NCC(c1cccnc1)N1CCCCC1)c1ccc2c(-c3ccncc3)cccc2c1. The van der Waals surface area contributed by atoms with Crippen molar-refractivity contribution in [2.75, 3.05) is 19.6 Å². The van der Waals surface area contributed by atoms with Crippen molar-refractivity contribution in [3.63, 3.8) is 0 Å². The summed E-state index contributed by atoms with van der Waals surface area (Å²) in [5, 5.41) is 5.37. The zero-order valence-corrected chi connectivity index (χ0v) is 18.7. The number of rotatable bonds is 6. The highest BCUT2D eigenvalue weighted by Crippen LogP contribution is 2.29. The van der Waals surface area contributed by atoms with Gasteiger partial charge in [0, 0.05) is 36.9 Å². The van der Waals surface area contributed by atoms with Crippen LogP contribution in [-0.2, 0) is 0 Å². The molecule has 33 heavy (non-hydrogen) atoms. The maximum atomic E-state index is 13.1. The van der Waals surface area contributed by atoms with Crippen LogP contribution in [0.15, 0.2) is 85.5 Å². The van der Waals surface area contributed by atoms with Crippen molar-refractivity contribution in [1.29, 1.82) is 0 Å². The lowest BCUT2D eigenvalue weighted by Crippen LogP contribution is -2.40. The Bertz CT molecular complexity index is 1220. The highest BCUT2D eigenvalue weighted by Gasteiger charge is 2.23. The van der Waals surface area contributed by atoms with Gasteiger partial charge in [-0.25, -0.2) is 0 Å². The van der Waals surface area contributed by atoms with Crippen molar-refractivity contribution >= 4 is 16.7 Å². The van der Waals surface area contributed by atoms with Crippen LogP contribution in [-0.4, -0.2) is 40.4 Å². The lowest BCUT2D eigenvalue weighted by atomic mass is 9.97. The number of benzene rings is 2. The molecule has 0 bridgehead atoms. The van der Waals surface area contributed by atoms with E-state index in [4.69, 9.17) is 0 Å². The van der Waals surface area contributed by atoms with Gasteiger partial charge in [0.25, 0.3) is 5.91 Å². The third-order valence-corrected chi connectivity index (χ3v) is 6.49. The van der Waals surface area contributed by atoms with Crippen molar-refractivity contribution in [2.24, 2.45) is 0 Å². The summed E-state index contributed by atoms with van der Waals surface area (Å²) >= 11 is 0. The fourth-order valence-electron chi connectivity index (χ4n) is 4.76. The summed E-state index contributed by atoms with van der Waals surface area (Å²) in [6.07, 6.45) is 11.0. The van der Waals surface area contributed by atoms with E-state index in [1.807, 2.05) is 48.7 Å². The molecule has 0 aliphatic carbocycles. The summed E-state index contributed by atoms with van der Waals surface area (Å²) in [6.45, 7) is 2.69. The topological polar surface area (TPSA) is 58.1 Å². The van der Waals surface area contributed by atoms with Crippen LogP contribution in [0.1, 0.15) is 41.2 Å². The second kappa shape index (κ2) is 9.92. The molecule has 1 saturated heterocycles. The molecule has 0 spiro atoms. The Kier molecular flexibility index (Phi) is 6.40. The van der Waals surface area contributed by atoms with Crippen LogP contribution in [0.2, 0.25) is 0 Å². The molecule has 1 aliphatic heterocycles. The Morgan fingerprint density at radius 2 is 1.76 bits per heavy atom. The second-order valence-electron chi connectivity index (χ2n) is 8.59. The third-order valence-electron chi connectivity index (χ3n) is 6.49. The van der Waals surface area contributed by atoms with Gasteiger partial charge in [-0.3, -0.25) is 19.7 Å². The Labute approximate surface area is 194 Å². The molecule has 1 fully saturated rings. The molecule has 1 N–H and O–H groups in total. The summed E-state index contributed by atoms with van der Waals surface area (Å²) in [6, 6.07) is 20.4. The average Bonchev–Trinajstić information content (AvgIpc) is 2.90. The van der Waals surface area contributed by atoms with E-state index in [0.29, 0.717) is 12.1 Å². The van der Waals surface area contributed by atoms with Crippen molar-refractivity contribution in [1.82, 2.24) is 20.2 Å². The molecule has 5 rings (SSSR count). The van der Waals surface area contributed by atoms with Gasteiger partial charge >= 0.3 is 0 Å². The number of fused-ring (bicyclic) bond motifs is 1. The molecule has 1 amide bonds. The van der Waals surface area contributed by atoms with Gasteiger partial charge in [-0.1, -0.05) is 36.8 Å². The van der Waals surface area contributed by atoms with E-state index in [1.165, 1.54) is 19.3 Å². The zero-order valence-electron chi connectivity index (χ0n) is 18.7. The summed E-state index contributed by atoms with van der Waals surface area (Å²) in [5.41, 5.74) is 4.09. The first-order valence-electron chi connectivity index (χ1n) is 11.6. The van der Waals surface area contributed by atoms with E-state index in [0.717, 1.165) is 40.6 Å². The maximum absolute atomic E-state index is 13.1. The Balaban J connectivity index is 1.36. The van der Waals surface area contributed by atoms with E-state index < -0.39 is 0 Å². The fraction of sp³-hybridized carbons (Fsp3) is 0.250. The summed E-state index contributed by atoms with van der Waals surface area (Å²) < 4.78 is 0. The number of hydrogen-bond acceptors (Lipinski definition) is 4. The van der Waals surface area contributed by atoms with Crippen LogP contribution in [0.25, 0.3) is 21.9 Å². The third kappa shape index (κ3) is 4.78. The zero-order chi connectivity index (χ0) is 22.5. The number of carbonyl (C=O) groups excluding carboxylic acids is 1. The van der Waals surface area contributed by atoms with Crippen LogP contribution < -0.4 is 5.32 Å². The molecular weight excluding hydrogens is 408 g/mol. The first-order valence-corrected chi connectivity index (χ1v) is 11.6. The van der Waals surface area contributed by atoms with E-state index in [2.05, 4.69) is 38.4 Å². The number of likely N-dealkylation sites (tertiary alicyclic amines) is 1. The molecule has 2 aromatic carbocycles. The van der Waals surface area contributed by atoms with Gasteiger partial charge in [0.15, 0.2) is 0 Å². The van der Waals surface area contributed by atoms with E-state index in [-0.39, 0.29) is 11.9 Å². The lowest BCUT2D eigenvalue weighted by Gasteiger charge is -2.34. The smallest absolute Gasteiger partial charge is 0.251 e. The van der Waals surface area contributed by atoms with Crippen molar-refractivity contribution < 1.29 is 4.79 Å². The van der Waals surface area contributed by atoms with Gasteiger partial charge in [0.05, 0.1) is 6.04 Å². The van der Waals surface area contributed by atoms with Crippen molar-refractivity contribution in [2.45, 2.75) is 25.3 Å². The minimum atomic E-state index is -0.0443. The normalized spacial score (nSPS) is 15.3. The Morgan fingerprint density at radius 1 is 0.909 bits per heavy atom. The first-order chi connectivity index (χ1) is 16.3. The largest absolute Gasteiger partial charge is 0.350 e. The molecule has 1 aliphatic rings. The monoisotopic (exact) mass is 436 g/mol. The minimum absolute atomic E-state index is 0.0443. The minimum Gasteiger partial charge on any atom is -0.350 e. The number of amides is 1. The van der Waals surface area contributed by atoms with Gasteiger partial charge in [-0.05, 0) is 83.7 Å². The van der Waals surface area contributed by atoms with Gasteiger partial charge in [-0.2, -0.15) is 0 Å². The van der Waals surface area contributed by atoms with Crippen LogP contribution in [0.5, 0.6) is 0 Å². The second-order valence-corrected chi connectivity index (χ2v) is 8.59. The fourth-order valence-corrected chi connectivity index (χ4v) is 4.76. The van der Waals surface area contributed by atoms with E-state index >= 15 is 0 Å². The van der Waals surface area contributed by atoms with Crippen molar-refractivity contribution in [3.05, 3.63) is 96.6 Å². The van der Waals surface area contributed by atoms with Gasteiger partial charge < -0.3 is 5.32 Å². The Morgan fingerprint density at radius 3 is 2.55 bits per heavy atom. The molecule has 0 saturated carbocycles. The number of nitrogens with zero attached hydrogens (tertiary/aromatic N) is 3. The number of aromatic nitrogens is 2. The number of nitrogens with one attached hydrogen (secondary N) is 1. The maximum Gasteiger partial charge on any atom is 0.251 e. The summed E-state index contributed by atoms with van der Waals surface area (Å²) in [4.78, 5) is 24.0. The molecular formula is C28H28N4O. The highest BCUT2D eigenvalue weighted by atomic mass is 16.1. The van der Waals surface area contributed by atoms with Crippen LogP contribution in [0.4, 0.5) is 0 Å². The predicted molar refractivity (Wildman–Crippen MR) is 132 cm³/mol. The molecule has 4 aromatic rings. The standard InChI is InChI=1S/C28H28N4O/c33-28(31-20-27(24-7-5-13-30-19-24)32-16-2-1-3-17-32)23-9-10-26-22(18-23)6-4-8-25(26)21-11-14-29-15-12-21/h4-15,18-19,27H,1-3,16-17,20H2,(H,31,33). The van der Waals surface area contributed by atoms with Gasteiger partial charge in [0.2, 0.25) is 0 Å². The van der Waals surface area contributed by atoms with Crippen molar-refractivity contribution in [3.8, 4) is 11.1 Å². The van der Waals surface area contributed by atoms with Crippen LogP contribution in [0, 0.1) is 0 Å². The molecule has 0 radical (unpaired) electrons. The van der Waals surface area contributed by atoms with E-state index in [1.54, 1.807) is 18.6 Å². The van der Waals surface area contributed by atoms with Crippen LogP contribution in [0.3, 0.4) is 0 Å². The van der Waals surface area contributed by atoms with Gasteiger partial charge in [-0.15, -0.1) is 0 Å². The molecule has 166 valence electrons. The quantitative estimate of drug-likeness (QED) is 0.448. The summed E-state index contributed by atoms with van der Waals surface area (Å²) in [7, 11) is 0. The Hall–Kier alpha value is -3.57. The number of piperidine rings is 1. The van der Waals surface area contributed by atoms with Gasteiger partial charge in [0.1, 0.15) is 0 Å². The number of carbonyl (C=O) groups is 1. The highest BCUT2D eigenvalue weighted by molar-refractivity contribution is 6.02. The molecule has 5 nitrogen and oxygen atoms in total. The predicted octanol–water partition coefficient (Wildman–Crippen LogP) is 5.25. The van der Waals surface area contributed by atoms with E-state index in [9.17, 15) is 4.79 Å². The number of hydrogen-bond donors (Lipinski definition) is 1. The molecule has 3 heterocycles. The molecule has 2 aromatic heterocycles. The number of pyridine rings is 2. The molecule has 1 atom stereocenters. The summed E-state index contributed by atoms with van der Waals surface area (Å²) in [5.74, 6) is -0.0443. The van der Waals surface area contributed by atoms with Crippen LogP contribution >= 0.6 is 0 Å².